The van der Waals surface area contributed by atoms with Gasteiger partial charge >= 0.3 is 0 Å². The number of hydrogen-bond acceptors (Lipinski definition) is 7. The highest BCUT2D eigenvalue weighted by molar-refractivity contribution is 6.30. The molecule has 0 aliphatic carbocycles. The molecule has 0 amide bonds. The third-order valence-electron chi connectivity index (χ3n) is 27.1. The SMILES string of the molecule is N#Cc1ccccc1N(c1cc(-c2cccc(F)c2)cc(-c2cccc(F)c2)c1)c1ccc2ccc3c(N(c4cc(-c5cccc(F)c5)cc(-c5cccc(F)c5)c4)c4ccccc4C#N)ccc4ccc1c2c43.[C-]#[N+]c1cccc(N(c2cc(-c3cccc(F)c3)cc(-c3cccc(F)c3)c2)c2ccc3ccc4c(N(c5cccc(C#N)c5)c5cc(-c6cccc(F)c6)cc(-c6cccc(F)c6)c5)ccc5ccc2c3c54)c1. The van der Waals surface area contributed by atoms with E-state index in [0.717, 1.165) is 87.4 Å². The Morgan fingerprint density at radius 1 is 0.182 bits per heavy atom. The Kier molecular flexibility index (Phi) is 24.0. The standard InChI is InChI=1S/2C66H38F4N4/c1-72-56-17-7-19-58(39-56)74(60-37-50(46-11-5-15-54(69)33-46)30-51(38-60)47-12-6-16-55(70)34-47)64-27-23-43-20-24-61-63(26-22-42-21-25-62(64)66(43)65(42)61)73(57-18-2-8-41(28-57)40-71)59-35-48(44-9-3-13-52(67)31-44)29-49(36-59)45-10-4-14-53(68)32-45;67-53-15-5-11-43(31-53)49-29-50(44-12-6-16-54(68)32-44)36-57(35-49)73(61-19-3-1-9-47(61)39-71)63-27-23-41-22-26-60-64(28-24-42-21-25-59(63)65(41)66(42)60)74(62-20-4-2-10-48(62)40-72)58-37-51(45-13-7-17-55(69)33-45)30-52(38-58)46-14-8-18-56(70)34-46/h2-39H;1-38H. The van der Waals surface area contributed by atoms with Crippen molar-refractivity contribution in [1.29, 1.82) is 15.8 Å². The largest absolute Gasteiger partial charge is 0.311 e. The van der Waals surface area contributed by atoms with Crippen molar-refractivity contribution in [2.45, 2.75) is 0 Å². The highest BCUT2D eigenvalue weighted by atomic mass is 19.2. The summed E-state index contributed by atoms with van der Waals surface area (Å²) in [5.41, 5.74) is 20.6. The van der Waals surface area contributed by atoms with Crippen molar-refractivity contribution in [3.05, 3.63) is 536 Å². The molecule has 24 aromatic carbocycles. The zero-order valence-electron chi connectivity index (χ0n) is 78.5. The molecule has 0 saturated heterocycles. The summed E-state index contributed by atoms with van der Waals surface area (Å²) in [7, 11) is 0. The molecule has 0 spiro atoms. The van der Waals surface area contributed by atoms with Gasteiger partial charge in [-0.05, 0) is 381 Å². The first-order valence-corrected chi connectivity index (χ1v) is 47.6. The molecule has 0 saturated carbocycles. The number of halogens is 8. The molecule has 0 heterocycles. The number of hydrogen-bond donors (Lipinski definition) is 0. The third-order valence-corrected chi connectivity index (χ3v) is 27.1. The summed E-state index contributed by atoms with van der Waals surface area (Å²) < 4.78 is 120. The minimum Gasteiger partial charge on any atom is -0.311 e. The van der Waals surface area contributed by atoms with Crippen LogP contribution < -0.4 is 19.6 Å². The fourth-order valence-corrected chi connectivity index (χ4v) is 20.6. The van der Waals surface area contributed by atoms with Crippen LogP contribution in [0.25, 0.3) is 158 Å². The quantitative estimate of drug-likeness (QED) is 0.0427. The molecule has 0 atom stereocenters. The molecule has 700 valence electrons. The maximum Gasteiger partial charge on any atom is 0.189 e. The van der Waals surface area contributed by atoms with Crippen LogP contribution in [0, 0.1) is 87.1 Å². The van der Waals surface area contributed by atoms with Crippen molar-refractivity contribution in [3.63, 3.8) is 0 Å². The lowest BCUT2D eigenvalue weighted by Gasteiger charge is -2.31. The number of anilines is 12. The average molecular weight is 1930 g/mol. The molecule has 0 unspecified atom stereocenters. The lowest BCUT2D eigenvalue weighted by Crippen LogP contribution is -2.13. The maximum atomic E-state index is 15.0. The van der Waals surface area contributed by atoms with Gasteiger partial charge in [-0.2, -0.15) is 15.8 Å². The van der Waals surface area contributed by atoms with Gasteiger partial charge in [-0.15, -0.1) is 0 Å². The first kappa shape index (κ1) is 91.7. The number of para-hydroxylation sites is 2. The topological polar surface area (TPSA) is 88.7 Å². The van der Waals surface area contributed by atoms with Gasteiger partial charge in [0.1, 0.15) is 58.7 Å². The van der Waals surface area contributed by atoms with Crippen molar-refractivity contribution < 1.29 is 35.1 Å². The van der Waals surface area contributed by atoms with Crippen molar-refractivity contribution in [2.75, 3.05) is 19.6 Å². The Bertz CT molecular complexity index is 8830. The van der Waals surface area contributed by atoms with Crippen LogP contribution in [-0.2, 0) is 0 Å². The predicted octanol–water partition coefficient (Wildman–Crippen LogP) is 37.7. The zero-order valence-corrected chi connectivity index (χ0v) is 78.5. The summed E-state index contributed by atoms with van der Waals surface area (Å²) in [6.07, 6.45) is 0. The van der Waals surface area contributed by atoms with Crippen molar-refractivity contribution in [1.82, 2.24) is 0 Å². The molecule has 24 aromatic rings. The van der Waals surface area contributed by atoms with Crippen LogP contribution in [0.15, 0.2) is 461 Å². The molecule has 0 bridgehead atoms. The van der Waals surface area contributed by atoms with E-state index in [-0.39, 0.29) is 0 Å². The van der Waals surface area contributed by atoms with E-state index in [0.29, 0.717) is 157 Å². The van der Waals surface area contributed by atoms with E-state index >= 15 is 0 Å². The average Bonchev–Trinajstić information content (AvgIpc) is 0.718. The summed E-state index contributed by atoms with van der Waals surface area (Å²) >= 11 is 0. The molecule has 0 radical (unpaired) electrons. The van der Waals surface area contributed by atoms with Gasteiger partial charge in [-0.3, -0.25) is 0 Å². The monoisotopic (exact) mass is 1920 g/mol. The summed E-state index contributed by atoms with van der Waals surface area (Å²) in [6, 6.07) is 144. The first-order valence-electron chi connectivity index (χ1n) is 47.6. The van der Waals surface area contributed by atoms with E-state index in [2.05, 4.69) is 118 Å². The second-order valence-electron chi connectivity index (χ2n) is 36.2. The van der Waals surface area contributed by atoms with Gasteiger partial charge in [0.05, 0.1) is 63.5 Å². The second kappa shape index (κ2) is 38.8. The van der Waals surface area contributed by atoms with Gasteiger partial charge in [0.25, 0.3) is 0 Å². The number of nitriles is 3. The summed E-state index contributed by atoms with van der Waals surface area (Å²) in [5, 5.41) is 42.8. The molecule has 0 aromatic heterocycles. The molecule has 24 rings (SSSR count). The second-order valence-corrected chi connectivity index (χ2v) is 36.2. The van der Waals surface area contributed by atoms with Crippen LogP contribution in [0.2, 0.25) is 0 Å². The summed E-state index contributed by atoms with van der Waals surface area (Å²) in [4.78, 5) is 12.1. The Morgan fingerprint density at radius 3 is 0.676 bits per heavy atom. The van der Waals surface area contributed by atoms with Gasteiger partial charge in [0, 0.05) is 55.7 Å². The minimum absolute atomic E-state index is 0.393. The Labute approximate surface area is 846 Å². The van der Waals surface area contributed by atoms with E-state index in [9.17, 15) is 50.9 Å². The van der Waals surface area contributed by atoms with Crippen LogP contribution in [0.1, 0.15) is 16.7 Å². The van der Waals surface area contributed by atoms with E-state index in [1.807, 2.05) is 216 Å². The van der Waals surface area contributed by atoms with Gasteiger partial charge < -0.3 is 19.6 Å². The number of benzene rings is 24. The maximum absolute atomic E-state index is 15.0. The van der Waals surface area contributed by atoms with Gasteiger partial charge in [-0.25, -0.2) is 40.0 Å². The van der Waals surface area contributed by atoms with E-state index < -0.39 is 46.5 Å². The molecule has 0 aliphatic heterocycles. The van der Waals surface area contributed by atoms with Gasteiger partial charge in [-0.1, -0.05) is 212 Å². The van der Waals surface area contributed by atoms with Crippen LogP contribution in [0.3, 0.4) is 0 Å². The molecule has 8 nitrogen and oxygen atoms in total. The normalized spacial score (nSPS) is 11.2. The lowest BCUT2D eigenvalue weighted by molar-refractivity contribution is 0.628. The van der Waals surface area contributed by atoms with Gasteiger partial charge in [0.15, 0.2) is 5.69 Å². The van der Waals surface area contributed by atoms with Crippen LogP contribution in [0.5, 0.6) is 0 Å². The Hall–Kier alpha value is -20.0. The molecule has 16 heteroatoms. The molecular weight excluding hydrogens is 1850 g/mol. The van der Waals surface area contributed by atoms with E-state index in [1.54, 1.807) is 72.8 Å². The smallest absolute Gasteiger partial charge is 0.189 e. The molecule has 0 N–H and O–H groups in total. The summed E-state index contributed by atoms with van der Waals surface area (Å²) in [6.45, 7) is 8.01. The Morgan fingerprint density at radius 2 is 0.419 bits per heavy atom. The third kappa shape index (κ3) is 17.6. The van der Waals surface area contributed by atoms with E-state index in [4.69, 9.17) is 6.57 Å². The van der Waals surface area contributed by atoms with Crippen molar-refractivity contribution >= 4 is 139 Å². The molecular formula is C132H76F8N8. The lowest BCUT2D eigenvalue weighted by atomic mass is 9.91. The number of nitrogens with zero attached hydrogens (tertiary/aromatic N) is 8. The zero-order chi connectivity index (χ0) is 101. The van der Waals surface area contributed by atoms with Crippen LogP contribution in [0.4, 0.5) is 109 Å². The molecule has 148 heavy (non-hydrogen) atoms. The van der Waals surface area contributed by atoms with Crippen molar-refractivity contribution in [3.8, 4) is 107 Å². The molecule has 0 fully saturated rings. The van der Waals surface area contributed by atoms with Crippen LogP contribution in [-0.4, -0.2) is 0 Å². The fourth-order valence-electron chi connectivity index (χ4n) is 20.6. The van der Waals surface area contributed by atoms with Crippen LogP contribution >= 0.6 is 0 Å². The highest BCUT2D eigenvalue weighted by Gasteiger charge is 2.30. The minimum atomic E-state index is -0.404. The summed E-state index contributed by atoms with van der Waals surface area (Å²) in [5.74, 6) is -3.19. The van der Waals surface area contributed by atoms with Crippen molar-refractivity contribution in [2.24, 2.45) is 0 Å². The highest BCUT2D eigenvalue weighted by Crippen LogP contribution is 2.55. The van der Waals surface area contributed by atoms with E-state index in [1.165, 1.54) is 97.1 Å². The molecule has 0 aliphatic rings. The van der Waals surface area contributed by atoms with Gasteiger partial charge in [0.2, 0.25) is 0 Å². The predicted molar refractivity (Wildman–Crippen MR) is 583 cm³/mol. The first-order chi connectivity index (χ1) is 72.4. The fraction of sp³-hybridized carbons (Fsp3) is 0. The Balaban J connectivity index is 0.000000163. The number of rotatable bonds is 20.